The predicted octanol–water partition coefficient (Wildman–Crippen LogP) is 4.86. The normalized spacial score (nSPS) is 9.94. The second-order valence-electron chi connectivity index (χ2n) is 3.03. The van der Waals surface area contributed by atoms with Crippen molar-refractivity contribution in [1.29, 1.82) is 0 Å². The van der Waals surface area contributed by atoms with Crippen molar-refractivity contribution in [3.05, 3.63) is 66.8 Å². The van der Waals surface area contributed by atoms with Crippen LogP contribution in [0.1, 0.15) is 32.8 Å². The maximum atomic E-state index is 7.00. The van der Waals surface area contributed by atoms with Crippen LogP contribution in [0.5, 0.6) is 0 Å². The van der Waals surface area contributed by atoms with E-state index in [1.807, 2.05) is 38.1 Å². The Morgan fingerprint density at radius 3 is 2.17 bits per heavy atom. The molecule has 0 aromatic heterocycles. The lowest BCUT2D eigenvalue weighted by Crippen LogP contribution is -1.77. The molecule has 1 rings (SSSR count). The smallest absolute Gasteiger partial charge is 0.0319 e. The van der Waals surface area contributed by atoms with E-state index in [-0.39, 0.29) is 0 Å². The molecule has 100 valence electrons. The van der Waals surface area contributed by atoms with Crippen molar-refractivity contribution in [3.63, 3.8) is 0 Å². The Balaban J connectivity index is 0. The second-order valence-corrected chi connectivity index (χ2v) is 3.03. The molecule has 0 spiro atoms. The van der Waals surface area contributed by atoms with Gasteiger partial charge >= 0.3 is 0 Å². The summed E-state index contributed by atoms with van der Waals surface area (Å²) in [5.74, 6) is 0. The summed E-state index contributed by atoms with van der Waals surface area (Å²) in [6.07, 6.45) is 9.24. The SMILES string of the molecule is C=C/C(=C\C=C/CC)c1ccccc1.CC.CO. The molecule has 1 heteroatoms. The van der Waals surface area contributed by atoms with Crippen molar-refractivity contribution >= 4 is 5.57 Å². The van der Waals surface area contributed by atoms with Gasteiger partial charge in [0.15, 0.2) is 0 Å². The first-order chi connectivity index (χ1) is 8.88. The quantitative estimate of drug-likeness (QED) is 0.752. The highest BCUT2D eigenvalue weighted by Gasteiger charge is 1.92. The number of hydrogen-bond donors (Lipinski definition) is 1. The number of benzene rings is 1. The van der Waals surface area contributed by atoms with Gasteiger partial charge in [-0.25, -0.2) is 0 Å². The Morgan fingerprint density at radius 1 is 1.17 bits per heavy atom. The molecule has 18 heavy (non-hydrogen) atoms. The lowest BCUT2D eigenvalue weighted by Gasteiger charge is -1.99. The topological polar surface area (TPSA) is 20.2 Å². The Morgan fingerprint density at radius 2 is 1.72 bits per heavy atom. The minimum atomic E-state index is 1.00. The zero-order valence-electron chi connectivity index (χ0n) is 12.1. The monoisotopic (exact) mass is 246 g/mol. The van der Waals surface area contributed by atoms with Crippen LogP contribution in [0.15, 0.2) is 61.2 Å². The molecule has 0 saturated heterocycles. The van der Waals surface area contributed by atoms with Crippen molar-refractivity contribution in [3.8, 4) is 0 Å². The van der Waals surface area contributed by atoms with Gasteiger partial charge in [-0.1, -0.05) is 82.0 Å². The number of hydrogen-bond acceptors (Lipinski definition) is 1. The zero-order chi connectivity index (χ0) is 14.2. The van der Waals surface area contributed by atoms with Crippen LogP contribution in [0, 0.1) is 0 Å². The summed E-state index contributed by atoms with van der Waals surface area (Å²) < 4.78 is 0. The van der Waals surface area contributed by atoms with E-state index in [2.05, 4.69) is 43.9 Å². The lowest BCUT2D eigenvalue weighted by atomic mass is 10.1. The van der Waals surface area contributed by atoms with Crippen LogP contribution in [-0.2, 0) is 0 Å². The van der Waals surface area contributed by atoms with Crippen LogP contribution in [-0.4, -0.2) is 12.2 Å². The number of rotatable bonds is 4. The van der Waals surface area contributed by atoms with E-state index in [0.29, 0.717) is 0 Å². The molecule has 0 radical (unpaired) electrons. The molecule has 0 saturated carbocycles. The molecule has 0 bridgehead atoms. The van der Waals surface area contributed by atoms with Gasteiger partial charge in [0, 0.05) is 7.11 Å². The highest BCUT2D eigenvalue weighted by molar-refractivity contribution is 5.74. The van der Waals surface area contributed by atoms with Gasteiger partial charge in [0.2, 0.25) is 0 Å². The van der Waals surface area contributed by atoms with Gasteiger partial charge in [-0.05, 0) is 17.6 Å². The van der Waals surface area contributed by atoms with E-state index in [9.17, 15) is 0 Å². The molecule has 0 heterocycles. The molecule has 0 amide bonds. The average Bonchev–Trinajstić information content (AvgIpc) is 2.49. The maximum Gasteiger partial charge on any atom is 0.0319 e. The molecule has 1 nitrogen and oxygen atoms in total. The van der Waals surface area contributed by atoms with Crippen molar-refractivity contribution in [2.45, 2.75) is 27.2 Å². The molecular formula is C17H26O. The fraction of sp³-hybridized carbons (Fsp3) is 0.294. The zero-order valence-corrected chi connectivity index (χ0v) is 12.1. The summed E-state index contributed by atoms with van der Waals surface area (Å²) in [6.45, 7) is 9.94. The van der Waals surface area contributed by atoms with Crippen molar-refractivity contribution in [1.82, 2.24) is 0 Å². The lowest BCUT2D eigenvalue weighted by molar-refractivity contribution is 0.399. The van der Waals surface area contributed by atoms with Crippen LogP contribution >= 0.6 is 0 Å². The first kappa shape index (κ1) is 18.8. The van der Waals surface area contributed by atoms with Crippen LogP contribution < -0.4 is 0 Å². The molecule has 0 aliphatic rings. The third-order valence-electron chi connectivity index (χ3n) is 1.97. The van der Waals surface area contributed by atoms with Gasteiger partial charge in [-0.2, -0.15) is 0 Å². The molecule has 0 aliphatic heterocycles. The van der Waals surface area contributed by atoms with Gasteiger partial charge in [0.1, 0.15) is 0 Å². The minimum Gasteiger partial charge on any atom is -0.400 e. The van der Waals surface area contributed by atoms with E-state index < -0.39 is 0 Å². The fourth-order valence-electron chi connectivity index (χ4n) is 1.22. The van der Waals surface area contributed by atoms with E-state index in [0.717, 1.165) is 19.1 Å². The molecule has 0 unspecified atom stereocenters. The molecule has 0 fully saturated rings. The Labute approximate surface area is 112 Å². The van der Waals surface area contributed by atoms with Crippen molar-refractivity contribution < 1.29 is 5.11 Å². The Bertz CT molecular complexity index is 334. The minimum absolute atomic E-state index is 1.00. The summed E-state index contributed by atoms with van der Waals surface area (Å²) in [5.41, 5.74) is 2.37. The van der Waals surface area contributed by atoms with E-state index in [1.54, 1.807) is 0 Å². The van der Waals surface area contributed by atoms with Crippen LogP contribution in [0.2, 0.25) is 0 Å². The Kier molecular flexibility index (Phi) is 16.0. The molecule has 0 atom stereocenters. The summed E-state index contributed by atoms with van der Waals surface area (Å²) in [5, 5.41) is 7.00. The highest BCUT2D eigenvalue weighted by atomic mass is 16.2. The van der Waals surface area contributed by atoms with Crippen LogP contribution in [0.4, 0.5) is 0 Å². The first-order valence-corrected chi connectivity index (χ1v) is 6.38. The number of aliphatic hydroxyl groups excluding tert-OH is 1. The molecule has 0 aliphatic carbocycles. The summed E-state index contributed by atoms with van der Waals surface area (Å²) in [7, 11) is 1.00. The van der Waals surface area contributed by atoms with E-state index >= 15 is 0 Å². The largest absolute Gasteiger partial charge is 0.400 e. The average molecular weight is 246 g/mol. The van der Waals surface area contributed by atoms with Crippen LogP contribution in [0.25, 0.3) is 5.57 Å². The second kappa shape index (κ2) is 15.4. The van der Waals surface area contributed by atoms with Gasteiger partial charge in [-0.15, -0.1) is 0 Å². The molecule has 1 N–H and O–H groups in total. The third kappa shape index (κ3) is 8.54. The van der Waals surface area contributed by atoms with Gasteiger partial charge in [0.05, 0.1) is 0 Å². The van der Waals surface area contributed by atoms with E-state index in [1.165, 1.54) is 5.56 Å². The highest BCUT2D eigenvalue weighted by Crippen LogP contribution is 2.14. The summed E-state index contributed by atoms with van der Waals surface area (Å²) in [6, 6.07) is 10.3. The summed E-state index contributed by atoms with van der Waals surface area (Å²) in [4.78, 5) is 0. The van der Waals surface area contributed by atoms with E-state index in [4.69, 9.17) is 5.11 Å². The predicted molar refractivity (Wildman–Crippen MR) is 83.5 cm³/mol. The fourth-order valence-corrected chi connectivity index (χ4v) is 1.22. The van der Waals surface area contributed by atoms with Gasteiger partial charge in [0.25, 0.3) is 0 Å². The first-order valence-electron chi connectivity index (χ1n) is 6.38. The van der Waals surface area contributed by atoms with Crippen molar-refractivity contribution in [2.75, 3.05) is 7.11 Å². The molecule has 1 aromatic rings. The maximum absolute atomic E-state index is 7.00. The standard InChI is InChI=1S/C14H16.C2H6.CH4O/c1-3-5-7-10-13(4-2)14-11-8-6-9-12-14;2*1-2/h4-12H,2-3H2,1H3;1-2H3;2H,1H3/b7-5-,13-10+;;. The van der Waals surface area contributed by atoms with Crippen molar-refractivity contribution in [2.24, 2.45) is 0 Å². The van der Waals surface area contributed by atoms with Gasteiger partial charge < -0.3 is 5.11 Å². The summed E-state index contributed by atoms with van der Waals surface area (Å²) >= 11 is 0. The molecule has 1 aromatic carbocycles. The molecular weight excluding hydrogens is 220 g/mol. The third-order valence-corrected chi connectivity index (χ3v) is 1.97. The van der Waals surface area contributed by atoms with Crippen LogP contribution in [0.3, 0.4) is 0 Å². The Hall–Kier alpha value is -1.60. The van der Waals surface area contributed by atoms with Gasteiger partial charge in [-0.3, -0.25) is 0 Å². The number of aliphatic hydroxyl groups is 1. The number of allylic oxidation sites excluding steroid dienone is 5.